The van der Waals surface area contributed by atoms with Crippen molar-refractivity contribution < 1.29 is 14.6 Å². The molecule has 0 aliphatic carbocycles. The SMILES string of the molecule is COc1c(Cc2cccc(C)c2C)cc(=O)n2c1SC[C@H]2C(=O)O. The van der Waals surface area contributed by atoms with E-state index in [0.717, 1.165) is 11.1 Å². The summed E-state index contributed by atoms with van der Waals surface area (Å²) in [6, 6.07) is 6.77. The van der Waals surface area contributed by atoms with Crippen LogP contribution in [0.4, 0.5) is 0 Å². The molecule has 0 saturated heterocycles. The lowest BCUT2D eigenvalue weighted by atomic mass is 9.97. The van der Waals surface area contributed by atoms with Gasteiger partial charge in [0.05, 0.1) is 7.11 Å². The van der Waals surface area contributed by atoms with Gasteiger partial charge in [0, 0.05) is 23.8 Å². The second-order valence-corrected chi connectivity index (χ2v) is 6.93. The van der Waals surface area contributed by atoms with Crippen molar-refractivity contribution in [2.75, 3.05) is 12.9 Å². The van der Waals surface area contributed by atoms with E-state index < -0.39 is 12.0 Å². The fourth-order valence-electron chi connectivity index (χ4n) is 3.03. The molecular formula is C18H19NO4S. The number of carboxylic acid groups (broad SMARTS) is 1. The van der Waals surface area contributed by atoms with Crippen molar-refractivity contribution in [3.8, 4) is 5.75 Å². The minimum absolute atomic E-state index is 0.288. The molecule has 24 heavy (non-hydrogen) atoms. The summed E-state index contributed by atoms with van der Waals surface area (Å²) in [6.07, 6.45) is 0.581. The van der Waals surface area contributed by atoms with Crippen LogP contribution in [0, 0.1) is 13.8 Å². The highest BCUT2D eigenvalue weighted by molar-refractivity contribution is 7.99. The van der Waals surface area contributed by atoms with Crippen molar-refractivity contribution in [2.45, 2.75) is 31.3 Å². The molecule has 0 fully saturated rings. The van der Waals surface area contributed by atoms with E-state index in [1.54, 1.807) is 7.11 Å². The molecule has 1 aliphatic heterocycles. The van der Waals surface area contributed by atoms with Gasteiger partial charge in [0.1, 0.15) is 11.1 Å². The highest BCUT2D eigenvalue weighted by atomic mass is 32.2. The average molecular weight is 345 g/mol. The first kappa shape index (κ1) is 16.6. The summed E-state index contributed by atoms with van der Waals surface area (Å²) in [7, 11) is 1.56. The fraction of sp³-hybridized carbons (Fsp3) is 0.333. The van der Waals surface area contributed by atoms with Gasteiger partial charge in [-0.2, -0.15) is 0 Å². The zero-order chi connectivity index (χ0) is 17.4. The molecule has 126 valence electrons. The number of methoxy groups -OCH3 is 1. The van der Waals surface area contributed by atoms with E-state index in [1.165, 1.54) is 33.5 Å². The highest BCUT2D eigenvalue weighted by Crippen LogP contribution is 2.40. The Balaban J connectivity index is 2.11. The number of thioether (sulfide) groups is 1. The van der Waals surface area contributed by atoms with Crippen molar-refractivity contribution in [3.63, 3.8) is 0 Å². The number of aromatic nitrogens is 1. The van der Waals surface area contributed by atoms with Gasteiger partial charge >= 0.3 is 5.97 Å². The molecule has 3 rings (SSSR count). The number of pyridine rings is 1. The van der Waals surface area contributed by atoms with Crippen molar-refractivity contribution in [2.24, 2.45) is 0 Å². The van der Waals surface area contributed by atoms with E-state index >= 15 is 0 Å². The average Bonchev–Trinajstić information content (AvgIpc) is 2.98. The molecule has 1 atom stereocenters. The second-order valence-electron chi connectivity index (χ2n) is 5.92. The molecule has 2 aromatic rings. The molecule has 0 bridgehead atoms. The fourth-order valence-corrected chi connectivity index (χ4v) is 4.34. The first-order chi connectivity index (χ1) is 11.4. The van der Waals surface area contributed by atoms with Crippen molar-refractivity contribution in [3.05, 3.63) is 56.9 Å². The van der Waals surface area contributed by atoms with Gasteiger partial charge in [-0.1, -0.05) is 18.2 Å². The molecule has 0 spiro atoms. The number of benzene rings is 1. The lowest BCUT2D eigenvalue weighted by molar-refractivity contribution is -0.140. The Bertz CT molecular complexity index is 872. The molecule has 2 heterocycles. The van der Waals surface area contributed by atoms with E-state index in [0.29, 0.717) is 22.9 Å². The lowest BCUT2D eigenvalue weighted by Crippen LogP contribution is -2.29. The van der Waals surface area contributed by atoms with Gasteiger partial charge in [-0.3, -0.25) is 9.36 Å². The summed E-state index contributed by atoms with van der Waals surface area (Å²) >= 11 is 1.36. The zero-order valence-corrected chi connectivity index (χ0v) is 14.6. The largest absolute Gasteiger partial charge is 0.494 e. The van der Waals surface area contributed by atoms with Crippen LogP contribution in [0.2, 0.25) is 0 Å². The normalized spacial score (nSPS) is 16.0. The Labute approximate surface area is 144 Å². The van der Waals surface area contributed by atoms with E-state index in [4.69, 9.17) is 4.74 Å². The quantitative estimate of drug-likeness (QED) is 0.923. The summed E-state index contributed by atoms with van der Waals surface area (Å²) in [4.78, 5) is 23.8. The monoisotopic (exact) mass is 345 g/mol. The molecule has 5 nitrogen and oxygen atoms in total. The number of fused-ring (bicyclic) bond motifs is 1. The third kappa shape index (κ3) is 2.71. The molecule has 0 amide bonds. The molecule has 0 radical (unpaired) electrons. The maximum absolute atomic E-state index is 12.5. The number of aliphatic carboxylic acids is 1. The molecule has 0 saturated carbocycles. The summed E-state index contributed by atoms with van der Waals surface area (Å²) in [5, 5.41) is 9.91. The summed E-state index contributed by atoms with van der Waals surface area (Å²) in [5.41, 5.74) is 4.03. The Morgan fingerprint density at radius 3 is 2.79 bits per heavy atom. The molecule has 6 heteroatoms. The Morgan fingerprint density at radius 1 is 1.38 bits per heavy atom. The van der Waals surface area contributed by atoms with Crippen LogP contribution in [0.1, 0.15) is 28.3 Å². The van der Waals surface area contributed by atoms with Crippen LogP contribution in [-0.4, -0.2) is 28.5 Å². The molecular weight excluding hydrogens is 326 g/mol. The number of nitrogens with zero attached hydrogens (tertiary/aromatic N) is 1. The van der Waals surface area contributed by atoms with Crippen LogP contribution in [0.15, 0.2) is 34.1 Å². The first-order valence-corrected chi connectivity index (χ1v) is 8.65. The van der Waals surface area contributed by atoms with Gasteiger partial charge in [-0.15, -0.1) is 11.8 Å². The van der Waals surface area contributed by atoms with Gasteiger partial charge in [0.25, 0.3) is 5.56 Å². The van der Waals surface area contributed by atoms with Crippen molar-refractivity contribution >= 4 is 17.7 Å². The van der Waals surface area contributed by atoms with Crippen LogP contribution < -0.4 is 10.3 Å². The number of rotatable bonds is 4. The Morgan fingerprint density at radius 2 is 2.12 bits per heavy atom. The molecule has 1 aromatic heterocycles. The van der Waals surface area contributed by atoms with Gasteiger partial charge in [0.2, 0.25) is 0 Å². The van der Waals surface area contributed by atoms with Crippen LogP contribution >= 0.6 is 11.8 Å². The minimum atomic E-state index is -0.993. The zero-order valence-electron chi connectivity index (χ0n) is 13.8. The summed E-state index contributed by atoms with van der Waals surface area (Å²) < 4.78 is 6.87. The molecule has 0 unspecified atom stereocenters. The number of hydrogen-bond donors (Lipinski definition) is 1. The maximum Gasteiger partial charge on any atom is 0.327 e. The lowest BCUT2D eigenvalue weighted by Gasteiger charge is -2.16. The number of aryl methyl sites for hydroxylation is 1. The third-order valence-electron chi connectivity index (χ3n) is 4.52. The Hall–Kier alpha value is -2.21. The van der Waals surface area contributed by atoms with Crippen molar-refractivity contribution in [1.82, 2.24) is 4.57 Å². The van der Waals surface area contributed by atoms with Crippen molar-refractivity contribution in [1.29, 1.82) is 0 Å². The number of carbonyl (C=O) groups is 1. The summed E-state index contributed by atoms with van der Waals surface area (Å²) in [5.74, 6) is -0.0506. The predicted octanol–water partition coefficient (Wildman–Crippen LogP) is 2.80. The second kappa shape index (κ2) is 6.36. The summed E-state index contributed by atoms with van der Waals surface area (Å²) in [6.45, 7) is 4.12. The standard InChI is InChI=1S/C18H19NO4S/c1-10-5-4-6-12(11(10)2)7-13-8-15(20)19-14(18(21)22)9-24-17(19)16(13)23-3/h4-6,8,14H,7,9H2,1-3H3,(H,21,22)/t14-/m0/s1. The topological polar surface area (TPSA) is 68.5 Å². The van der Waals surface area contributed by atoms with Gasteiger partial charge < -0.3 is 9.84 Å². The molecule has 1 aromatic carbocycles. The van der Waals surface area contributed by atoms with E-state index in [2.05, 4.69) is 19.9 Å². The van der Waals surface area contributed by atoms with Crippen LogP contribution in [0.3, 0.4) is 0 Å². The van der Waals surface area contributed by atoms with Gasteiger partial charge in [-0.05, 0) is 30.5 Å². The predicted molar refractivity (Wildman–Crippen MR) is 93.4 cm³/mol. The van der Waals surface area contributed by atoms with Crippen LogP contribution in [0.5, 0.6) is 5.75 Å². The number of hydrogen-bond acceptors (Lipinski definition) is 4. The third-order valence-corrected chi connectivity index (χ3v) is 5.65. The molecule has 1 N–H and O–H groups in total. The van der Waals surface area contributed by atoms with Gasteiger partial charge in [-0.25, -0.2) is 4.79 Å². The van der Waals surface area contributed by atoms with E-state index in [-0.39, 0.29) is 5.56 Å². The van der Waals surface area contributed by atoms with E-state index in [9.17, 15) is 14.7 Å². The Kier molecular flexibility index (Phi) is 4.41. The number of carboxylic acids is 1. The van der Waals surface area contributed by atoms with Crippen LogP contribution in [0.25, 0.3) is 0 Å². The maximum atomic E-state index is 12.5. The number of ether oxygens (including phenoxy) is 1. The highest BCUT2D eigenvalue weighted by Gasteiger charge is 2.33. The first-order valence-electron chi connectivity index (χ1n) is 7.67. The molecule has 1 aliphatic rings. The smallest absolute Gasteiger partial charge is 0.327 e. The van der Waals surface area contributed by atoms with Crippen LogP contribution in [-0.2, 0) is 11.2 Å². The van der Waals surface area contributed by atoms with Gasteiger partial charge in [0.15, 0.2) is 5.75 Å². The minimum Gasteiger partial charge on any atom is -0.494 e. The van der Waals surface area contributed by atoms with E-state index in [1.807, 2.05) is 12.1 Å².